The second-order valence-electron chi connectivity index (χ2n) is 7.43. The average molecular weight is 403 g/mol. The summed E-state index contributed by atoms with van der Waals surface area (Å²) in [6.07, 6.45) is 0.553. The zero-order chi connectivity index (χ0) is 20.7. The van der Waals surface area contributed by atoms with Crippen molar-refractivity contribution in [1.82, 2.24) is 19.7 Å². The van der Waals surface area contributed by atoms with Crippen molar-refractivity contribution in [2.75, 3.05) is 25.1 Å². The lowest BCUT2D eigenvalue weighted by molar-refractivity contribution is -0.123. The number of amides is 2. The van der Waals surface area contributed by atoms with E-state index in [2.05, 4.69) is 10.1 Å². The molecule has 2 aliphatic rings. The lowest BCUT2D eigenvalue weighted by Gasteiger charge is -2.33. The molecule has 1 aromatic heterocycles. The summed E-state index contributed by atoms with van der Waals surface area (Å²) in [6.45, 7) is 0.976. The third-order valence-corrected chi connectivity index (χ3v) is 5.54. The van der Waals surface area contributed by atoms with Crippen LogP contribution in [-0.4, -0.2) is 57.7 Å². The molecule has 0 saturated carbocycles. The summed E-state index contributed by atoms with van der Waals surface area (Å²) in [5.74, 6) is 1.03. The zero-order valence-corrected chi connectivity index (χ0v) is 16.6. The fourth-order valence-electron chi connectivity index (χ4n) is 3.95. The minimum absolute atomic E-state index is 0.108. The van der Waals surface area contributed by atoms with Gasteiger partial charge in [0.15, 0.2) is 5.82 Å². The molecule has 2 amide bonds. The first-order valence-electron chi connectivity index (χ1n) is 9.90. The summed E-state index contributed by atoms with van der Waals surface area (Å²) in [7, 11) is 1.71. The van der Waals surface area contributed by atoms with Crippen molar-refractivity contribution in [3.05, 3.63) is 71.8 Å². The van der Waals surface area contributed by atoms with E-state index in [-0.39, 0.29) is 24.2 Å². The van der Waals surface area contributed by atoms with E-state index in [9.17, 15) is 9.59 Å². The van der Waals surface area contributed by atoms with Crippen LogP contribution in [0.4, 0.5) is 5.69 Å². The van der Waals surface area contributed by atoms with Gasteiger partial charge in [0.05, 0.1) is 12.2 Å². The Hall–Kier alpha value is -3.68. The lowest BCUT2D eigenvalue weighted by atomic mass is 10.1. The van der Waals surface area contributed by atoms with Crippen LogP contribution in [0.3, 0.4) is 0 Å². The molecule has 5 rings (SSSR count). The first kappa shape index (κ1) is 18.4. The molecular formula is C22H21N5O3. The molecule has 30 heavy (non-hydrogen) atoms. The molecule has 0 bridgehead atoms. The number of rotatable bonds is 3. The first-order valence-corrected chi connectivity index (χ1v) is 9.90. The predicted octanol–water partition coefficient (Wildman–Crippen LogP) is 1.75. The van der Waals surface area contributed by atoms with Crippen LogP contribution in [0.1, 0.15) is 22.0 Å². The van der Waals surface area contributed by atoms with E-state index in [1.165, 1.54) is 0 Å². The van der Waals surface area contributed by atoms with Crippen molar-refractivity contribution in [1.29, 1.82) is 0 Å². The second kappa shape index (κ2) is 7.29. The lowest BCUT2D eigenvalue weighted by Crippen LogP contribution is -2.55. The maximum Gasteiger partial charge on any atom is 0.292 e. The highest BCUT2D eigenvalue weighted by Gasteiger charge is 2.40. The highest BCUT2D eigenvalue weighted by molar-refractivity contribution is 6.02. The van der Waals surface area contributed by atoms with Gasteiger partial charge >= 0.3 is 0 Å². The Balaban J connectivity index is 1.39. The van der Waals surface area contributed by atoms with Gasteiger partial charge < -0.3 is 14.5 Å². The summed E-state index contributed by atoms with van der Waals surface area (Å²) in [5.41, 5.74) is 1.78. The SMILES string of the molecule is CN1C(=O)[C@@H](N2CCn3nc(Cc4ccccc4)nc3C2=O)COc2ccccc21. The van der Waals surface area contributed by atoms with Crippen LogP contribution in [-0.2, 0) is 17.8 Å². The van der Waals surface area contributed by atoms with Crippen molar-refractivity contribution >= 4 is 17.5 Å². The third-order valence-electron chi connectivity index (χ3n) is 5.54. The van der Waals surface area contributed by atoms with Crippen LogP contribution < -0.4 is 9.64 Å². The summed E-state index contributed by atoms with van der Waals surface area (Å²) >= 11 is 0. The van der Waals surface area contributed by atoms with Crippen LogP contribution in [0, 0.1) is 0 Å². The number of para-hydroxylation sites is 2. The monoisotopic (exact) mass is 403 g/mol. The van der Waals surface area contributed by atoms with Crippen LogP contribution in [0.15, 0.2) is 54.6 Å². The number of likely N-dealkylation sites (N-methyl/N-ethyl adjacent to an activating group) is 1. The molecule has 8 nitrogen and oxygen atoms in total. The van der Waals surface area contributed by atoms with Crippen molar-refractivity contribution in [3.63, 3.8) is 0 Å². The Bertz CT molecular complexity index is 1110. The fourth-order valence-corrected chi connectivity index (χ4v) is 3.95. The van der Waals surface area contributed by atoms with Crippen molar-refractivity contribution in [2.24, 2.45) is 0 Å². The molecular weight excluding hydrogens is 382 g/mol. The van der Waals surface area contributed by atoms with Crippen LogP contribution >= 0.6 is 0 Å². The molecule has 0 saturated heterocycles. The third kappa shape index (κ3) is 3.10. The van der Waals surface area contributed by atoms with E-state index in [1.807, 2.05) is 54.6 Å². The number of carbonyl (C=O) groups excluding carboxylic acids is 2. The van der Waals surface area contributed by atoms with Crippen molar-refractivity contribution in [2.45, 2.75) is 19.0 Å². The summed E-state index contributed by atoms with van der Waals surface area (Å²) in [4.78, 5) is 33.9. The van der Waals surface area contributed by atoms with Crippen LogP contribution in [0.25, 0.3) is 0 Å². The number of carbonyl (C=O) groups is 2. The Kier molecular flexibility index (Phi) is 4.46. The number of hydrogen-bond donors (Lipinski definition) is 0. The van der Waals surface area contributed by atoms with Gasteiger partial charge in [-0.3, -0.25) is 9.59 Å². The second-order valence-corrected chi connectivity index (χ2v) is 7.43. The predicted molar refractivity (Wildman–Crippen MR) is 109 cm³/mol. The smallest absolute Gasteiger partial charge is 0.292 e. The zero-order valence-electron chi connectivity index (χ0n) is 16.6. The number of hydrogen-bond acceptors (Lipinski definition) is 5. The molecule has 0 spiro atoms. The summed E-state index contributed by atoms with van der Waals surface area (Å²) in [6, 6.07) is 16.6. The molecule has 3 aromatic rings. The maximum absolute atomic E-state index is 13.2. The highest BCUT2D eigenvalue weighted by Crippen LogP contribution is 2.31. The van der Waals surface area contributed by atoms with Gasteiger partial charge in [-0.25, -0.2) is 9.67 Å². The van der Waals surface area contributed by atoms with Gasteiger partial charge in [-0.1, -0.05) is 42.5 Å². The molecule has 0 radical (unpaired) electrons. The topological polar surface area (TPSA) is 80.6 Å². The van der Waals surface area contributed by atoms with Gasteiger partial charge in [-0.15, -0.1) is 0 Å². The van der Waals surface area contributed by atoms with Gasteiger partial charge in [0.25, 0.3) is 11.8 Å². The molecule has 0 aliphatic carbocycles. The number of ether oxygens (including phenoxy) is 1. The van der Waals surface area contributed by atoms with Gasteiger partial charge in [0, 0.05) is 20.0 Å². The van der Waals surface area contributed by atoms with Gasteiger partial charge in [0.1, 0.15) is 18.4 Å². The fraction of sp³-hybridized carbons (Fsp3) is 0.273. The molecule has 1 atom stereocenters. The standard InChI is InChI=1S/C22H21N5O3/c1-25-16-9-5-6-10-18(16)30-14-17(21(25)28)26-11-12-27-20(22(26)29)23-19(24-27)13-15-7-3-2-4-8-15/h2-10,17H,11-14H2,1H3/t17-/m0/s1. The largest absolute Gasteiger partial charge is 0.489 e. The molecule has 3 heterocycles. The van der Waals surface area contributed by atoms with E-state index in [1.54, 1.807) is 21.5 Å². The number of nitrogens with zero attached hydrogens (tertiary/aromatic N) is 5. The summed E-state index contributed by atoms with van der Waals surface area (Å²) < 4.78 is 7.51. The number of fused-ring (bicyclic) bond motifs is 2. The normalized spacial score (nSPS) is 18.5. The number of anilines is 1. The average Bonchev–Trinajstić information content (AvgIpc) is 3.13. The molecule has 2 aliphatic heterocycles. The molecule has 0 N–H and O–H groups in total. The van der Waals surface area contributed by atoms with E-state index in [0.29, 0.717) is 36.8 Å². The Morgan fingerprint density at radius 2 is 1.80 bits per heavy atom. The summed E-state index contributed by atoms with van der Waals surface area (Å²) in [5, 5.41) is 4.49. The number of benzene rings is 2. The maximum atomic E-state index is 13.2. The van der Waals surface area contributed by atoms with Crippen molar-refractivity contribution < 1.29 is 14.3 Å². The quantitative estimate of drug-likeness (QED) is 0.666. The minimum atomic E-state index is -0.710. The van der Waals surface area contributed by atoms with E-state index in [0.717, 1.165) is 5.56 Å². The molecule has 2 aromatic carbocycles. The Morgan fingerprint density at radius 1 is 1.03 bits per heavy atom. The molecule has 8 heteroatoms. The van der Waals surface area contributed by atoms with Crippen LogP contribution in [0.5, 0.6) is 5.75 Å². The van der Waals surface area contributed by atoms with E-state index in [4.69, 9.17) is 4.74 Å². The van der Waals surface area contributed by atoms with Crippen molar-refractivity contribution in [3.8, 4) is 5.75 Å². The molecule has 152 valence electrons. The van der Waals surface area contributed by atoms with Gasteiger partial charge in [-0.2, -0.15) is 5.10 Å². The molecule has 0 unspecified atom stereocenters. The van der Waals surface area contributed by atoms with E-state index >= 15 is 0 Å². The molecule has 0 fully saturated rings. The van der Waals surface area contributed by atoms with Crippen LogP contribution in [0.2, 0.25) is 0 Å². The first-order chi connectivity index (χ1) is 14.6. The highest BCUT2D eigenvalue weighted by atomic mass is 16.5. The van der Waals surface area contributed by atoms with E-state index < -0.39 is 6.04 Å². The van der Waals surface area contributed by atoms with Gasteiger partial charge in [0.2, 0.25) is 5.82 Å². The minimum Gasteiger partial charge on any atom is -0.489 e. The van der Waals surface area contributed by atoms with Gasteiger partial charge in [-0.05, 0) is 17.7 Å². The Labute approximate surface area is 173 Å². The number of aromatic nitrogens is 3. The Morgan fingerprint density at radius 3 is 2.63 bits per heavy atom.